The number of ether oxygens (including phenoxy) is 1. The van der Waals surface area contributed by atoms with Crippen molar-refractivity contribution in [1.82, 2.24) is 10.3 Å². The summed E-state index contributed by atoms with van der Waals surface area (Å²) < 4.78 is 5.76. The molecule has 8 heteroatoms. The van der Waals surface area contributed by atoms with Crippen LogP contribution in [0.25, 0.3) is 0 Å². The Morgan fingerprint density at radius 2 is 2.07 bits per heavy atom. The van der Waals surface area contributed by atoms with Gasteiger partial charge in [-0.2, -0.15) is 0 Å². The number of pyridine rings is 1. The van der Waals surface area contributed by atoms with Gasteiger partial charge in [-0.3, -0.25) is 14.6 Å². The largest absolute Gasteiger partial charge is 0.496 e. The van der Waals surface area contributed by atoms with E-state index in [0.717, 1.165) is 0 Å². The van der Waals surface area contributed by atoms with Crippen molar-refractivity contribution in [2.45, 2.75) is 46.1 Å². The Hall–Kier alpha value is -2.74. The zero-order valence-electron chi connectivity index (χ0n) is 16.8. The molecule has 0 spiro atoms. The van der Waals surface area contributed by atoms with Crippen LogP contribution in [0, 0.1) is 5.92 Å². The van der Waals surface area contributed by atoms with E-state index >= 15 is 0 Å². The van der Waals surface area contributed by atoms with Crippen molar-refractivity contribution in [2.24, 2.45) is 10.9 Å². The summed E-state index contributed by atoms with van der Waals surface area (Å²) in [6.45, 7) is 7.91. The van der Waals surface area contributed by atoms with Crippen LogP contribution in [-0.2, 0) is 9.53 Å². The minimum absolute atomic E-state index is 0.172. The summed E-state index contributed by atoms with van der Waals surface area (Å²) in [7, 11) is 0. The first-order valence-electron chi connectivity index (χ1n) is 9.32. The van der Waals surface area contributed by atoms with E-state index in [0.29, 0.717) is 48.8 Å². The van der Waals surface area contributed by atoms with E-state index < -0.39 is 5.60 Å². The second-order valence-electron chi connectivity index (χ2n) is 7.56. The Morgan fingerprint density at radius 3 is 2.75 bits per heavy atom. The standard InChI is InChI=1S/C20H28N4O4/c1-13(2)18(25)24-17-11-14(5-9-22-17)19(26)23-15-12-21-8-6-16(15)28-10-7-20(3,4)27/h5,9,11-13,27H,6-8,10H2,1-4H3,(H,23,26)(H,22,24,25). The van der Waals surface area contributed by atoms with Gasteiger partial charge in [0.1, 0.15) is 11.6 Å². The molecule has 0 fully saturated rings. The van der Waals surface area contributed by atoms with E-state index in [1.54, 1.807) is 40.0 Å². The first-order chi connectivity index (χ1) is 13.2. The van der Waals surface area contributed by atoms with Gasteiger partial charge in [0, 0.05) is 43.3 Å². The number of carbonyl (C=O) groups is 2. The highest BCUT2D eigenvalue weighted by molar-refractivity contribution is 6.00. The van der Waals surface area contributed by atoms with Gasteiger partial charge in [-0.1, -0.05) is 13.8 Å². The van der Waals surface area contributed by atoms with Crippen LogP contribution in [0.5, 0.6) is 0 Å². The quantitative estimate of drug-likeness (QED) is 0.632. The monoisotopic (exact) mass is 388 g/mol. The van der Waals surface area contributed by atoms with Gasteiger partial charge in [0.2, 0.25) is 5.91 Å². The molecule has 0 saturated carbocycles. The van der Waals surface area contributed by atoms with E-state index in [-0.39, 0.29) is 17.7 Å². The van der Waals surface area contributed by atoms with Crippen LogP contribution in [0.4, 0.5) is 5.82 Å². The number of amides is 2. The highest BCUT2D eigenvalue weighted by Crippen LogP contribution is 2.16. The average Bonchev–Trinajstić information content (AvgIpc) is 2.62. The molecule has 0 radical (unpaired) electrons. The number of hydrogen-bond acceptors (Lipinski definition) is 6. The van der Waals surface area contributed by atoms with Gasteiger partial charge in [-0.15, -0.1) is 0 Å². The third kappa shape index (κ3) is 6.77. The number of aliphatic hydroxyl groups is 1. The van der Waals surface area contributed by atoms with Gasteiger partial charge < -0.3 is 20.5 Å². The number of aliphatic imine (C=N–C) groups is 1. The summed E-state index contributed by atoms with van der Waals surface area (Å²) in [4.78, 5) is 32.7. The fourth-order valence-corrected chi connectivity index (χ4v) is 2.31. The predicted octanol–water partition coefficient (Wildman–Crippen LogP) is 2.27. The van der Waals surface area contributed by atoms with Crippen LogP contribution in [0.3, 0.4) is 0 Å². The third-order valence-electron chi connectivity index (χ3n) is 4.02. The molecule has 2 amide bonds. The highest BCUT2D eigenvalue weighted by Gasteiger charge is 2.18. The summed E-state index contributed by atoms with van der Waals surface area (Å²) >= 11 is 0. The second-order valence-corrected chi connectivity index (χ2v) is 7.56. The predicted molar refractivity (Wildman–Crippen MR) is 107 cm³/mol. The zero-order valence-corrected chi connectivity index (χ0v) is 16.8. The number of nitrogens with zero attached hydrogens (tertiary/aromatic N) is 2. The lowest BCUT2D eigenvalue weighted by atomic mass is 10.1. The molecule has 28 heavy (non-hydrogen) atoms. The van der Waals surface area contributed by atoms with E-state index in [1.807, 2.05) is 0 Å². The van der Waals surface area contributed by atoms with Gasteiger partial charge in [0.05, 0.1) is 17.9 Å². The normalized spacial score (nSPS) is 14.2. The van der Waals surface area contributed by atoms with Gasteiger partial charge in [-0.05, 0) is 26.0 Å². The van der Waals surface area contributed by atoms with Gasteiger partial charge >= 0.3 is 0 Å². The van der Waals surface area contributed by atoms with E-state index in [9.17, 15) is 14.7 Å². The van der Waals surface area contributed by atoms with Crippen LogP contribution in [0.2, 0.25) is 0 Å². The van der Waals surface area contributed by atoms with Crippen molar-refractivity contribution in [3.63, 3.8) is 0 Å². The molecule has 1 aliphatic rings. The average molecular weight is 388 g/mol. The zero-order chi connectivity index (χ0) is 20.7. The maximum atomic E-state index is 12.6. The van der Waals surface area contributed by atoms with Crippen molar-refractivity contribution >= 4 is 23.8 Å². The lowest BCUT2D eigenvalue weighted by Gasteiger charge is -2.21. The number of rotatable bonds is 8. The fourth-order valence-electron chi connectivity index (χ4n) is 2.31. The Morgan fingerprint density at radius 1 is 1.32 bits per heavy atom. The minimum Gasteiger partial charge on any atom is -0.496 e. The first kappa shape index (κ1) is 21.6. The van der Waals surface area contributed by atoms with Crippen molar-refractivity contribution in [3.05, 3.63) is 35.3 Å². The van der Waals surface area contributed by atoms with Crippen LogP contribution < -0.4 is 10.6 Å². The lowest BCUT2D eigenvalue weighted by molar-refractivity contribution is -0.118. The smallest absolute Gasteiger partial charge is 0.255 e. The van der Waals surface area contributed by atoms with Crippen molar-refractivity contribution in [3.8, 4) is 0 Å². The van der Waals surface area contributed by atoms with Crippen LogP contribution in [0.1, 0.15) is 50.9 Å². The molecule has 1 aromatic heterocycles. The Kier molecular flexibility index (Phi) is 7.28. The number of anilines is 1. The molecule has 1 aliphatic heterocycles. The molecule has 2 rings (SSSR count). The van der Waals surface area contributed by atoms with Crippen LogP contribution in [-0.4, -0.2) is 46.9 Å². The number of carbonyl (C=O) groups excluding carboxylic acids is 2. The van der Waals surface area contributed by atoms with Gasteiger partial charge in [0.25, 0.3) is 5.91 Å². The van der Waals surface area contributed by atoms with E-state index in [4.69, 9.17) is 4.74 Å². The SMILES string of the molecule is CC(C)C(=O)Nc1cc(C(=O)NC2=C(OCCC(C)(C)O)CCN=C2)ccn1. The van der Waals surface area contributed by atoms with E-state index in [2.05, 4.69) is 20.6 Å². The minimum atomic E-state index is -0.819. The van der Waals surface area contributed by atoms with Crippen molar-refractivity contribution in [2.75, 3.05) is 18.5 Å². The maximum absolute atomic E-state index is 12.6. The van der Waals surface area contributed by atoms with Crippen molar-refractivity contribution < 1.29 is 19.4 Å². The number of dihydropyridines is 1. The number of nitrogens with one attached hydrogen (secondary N) is 2. The first-order valence-corrected chi connectivity index (χ1v) is 9.32. The molecule has 0 atom stereocenters. The molecule has 152 valence electrons. The van der Waals surface area contributed by atoms with E-state index in [1.165, 1.54) is 12.3 Å². The molecule has 0 unspecified atom stereocenters. The summed E-state index contributed by atoms with van der Waals surface area (Å²) in [5, 5.41) is 15.3. The molecular formula is C20H28N4O4. The van der Waals surface area contributed by atoms with Gasteiger partial charge in [-0.25, -0.2) is 4.98 Å². The topological polar surface area (TPSA) is 113 Å². The molecule has 2 heterocycles. The Labute approximate surface area is 165 Å². The summed E-state index contributed by atoms with van der Waals surface area (Å²) in [6.07, 6.45) is 4.08. The Balaban J connectivity index is 2.07. The van der Waals surface area contributed by atoms with Gasteiger partial charge in [0.15, 0.2) is 0 Å². The van der Waals surface area contributed by atoms with Crippen LogP contribution in [0.15, 0.2) is 34.8 Å². The molecule has 8 nitrogen and oxygen atoms in total. The van der Waals surface area contributed by atoms with Crippen LogP contribution >= 0.6 is 0 Å². The molecular weight excluding hydrogens is 360 g/mol. The molecule has 1 aromatic rings. The summed E-state index contributed by atoms with van der Waals surface area (Å²) in [6, 6.07) is 3.08. The van der Waals surface area contributed by atoms with Crippen molar-refractivity contribution in [1.29, 1.82) is 0 Å². The fraction of sp³-hybridized carbons (Fsp3) is 0.500. The third-order valence-corrected chi connectivity index (χ3v) is 4.02. The molecule has 3 N–H and O–H groups in total. The molecule has 0 saturated heterocycles. The highest BCUT2D eigenvalue weighted by atomic mass is 16.5. The molecule has 0 aromatic carbocycles. The number of hydrogen-bond donors (Lipinski definition) is 3. The lowest BCUT2D eigenvalue weighted by Crippen LogP contribution is -2.28. The number of allylic oxidation sites excluding steroid dienone is 1. The number of aromatic nitrogens is 1. The molecule has 0 aliphatic carbocycles. The molecule has 0 bridgehead atoms. The summed E-state index contributed by atoms with van der Waals surface area (Å²) in [5.74, 6) is 0.241. The second kappa shape index (κ2) is 9.45. The summed E-state index contributed by atoms with van der Waals surface area (Å²) in [5.41, 5.74) is 0.0357. The Bertz CT molecular complexity index is 779. The maximum Gasteiger partial charge on any atom is 0.255 e.